The lowest BCUT2D eigenvalue weighted by Crippen LogP contribution is -2.40. The van der Waals surface area contributed by atoms with E-state index in [1.54, 1.807) is 13.8 Å². The Morgan fingerprint density at radius 2 is 1.55 bits per heavy atom. The van der Waals surface area contributed by atoms with Crippen LogP contribution in [0.15, 0.2) is 0 Å². The first-order valence-electron chi connectivity index (χ1n) is 7.17. The highest BCUT2D eigenvalue weighted by atomic mass is 79.9. The molecule has 8 heteroatoms. The van der Waals surface area contributed by atoms with E-state index in [0.717, 1.165) is 0 Å². The zero-order chi connectivity index (χ0) is 17.0. The predicted molar refractivity (Wildman–Crippen MR) is 90.6 cm³/mol. The van der Waals surface area contributed by atoms with Crippen LogP contribution in [0.5, 0.6) is 0 Å². The number of hydrogen-bond donors (Lipinski definition) is 0. The molecule has 0 unspecified atom stereocenters. The molecule has 0 amide bonds. The van der Waals surface area contributed by atoms with E-state index in [9.17, 15) is 9.59 Å². The quantitative estimate of drug-likeness (QED) is 0.353. The van der Waals surface area contributed by atoms with Crippen molar-refractivity contribution in [3.63, 3.8) is 0 Å². The number of alkyl halides is 4. The van der Waals surface area contributed by atoms with Crippen LogP contribution in [0.2, 0.25) is 0 Å². The smallest absolute Gasteiger partial charge is 0.323 e. The van der Waals surface area contributed by atoms with Crippen LogP contribution < -0.4 is 0 Å². The van der Waals surface area contributed by atoms with Crippen molar-refractivity contribution in [3.8, 4) is 0 Å². The molecule has 0 saturated heterocycles. The molecule has 0 aromatic heterocycles. The molecule has 2 atom stereocenters. The summed E-state index contributed by atoms with van der Waals surface area (Å²) in [6, 6.07) is 0. The monoisotopic (exact) mass is 436 g/mol. The second-order valence-corrected chi connectivity index (χ2v) is 8.59. The molecule has 0 aliphatic heterocycles. The zero-order valence-electron chi connectivity index (χ0n) is 12.5. The van der Waals surface area contributed by atoms with Gasteiger partial charge in [0, 0.05) is 5.33 Å². The van der Waals surface area contributed by atoms with Gasteiger partial charge in [0.15, 0.2) is 9.21 Å². The van der Waals surface area contributed by atoms with Crippen LogP contribution in [0.25, 0.3) is 0 Å². The van der Waals surface area contributed by atoms with Crippen LogP contribution in [0.1, 0.15) is 33.1 Å². The van der Waals surface area contributed by atoms with Gasteiger partial charge in [-0.05, 0) is 44.9 Å². The topological polar surface area (TPSA) is 52.6 Å². The Bertz CT molecular complexity index is 393. The summed E-state index contributed by atoms with van der Waals surface area (Å²) in [6.45, 7) is 3.81. The molecule has 1 fully saturated rings. The number of hydrogen-bond acceptors (Lipinski definition) is 4. The van der Waals surface area contributed by atoms with Gasteiger partial charge in [0.2, 0.25) is 0 Å². The lowest BCUT2D eigenvalue weighted by molar-refractivity contribution is -0.172. The maximum atomic E-state index is 12.4. The minimum absolute atomic E-state index is 0.0319. The van der Waals surface area contributed by atoms with Gasteiger partial charge in [-0.15, -0.1) is 0 Å². The van der Waals surface area contributed by atoms with Crippen LogP contribution in [0.4, 0.5) is 0 Å². The average molecular weight is 439 g/mol. The van der Waals surface area contributed by atoms with Crippen molar-refractivity contribution < 1.29 is 19.1 Å². The first-order valence-corrected chi connectivity index (χ1v) is 9.42. The van der Waals surface area contributed by atoms with Gasteiger partial charge in [-0.25, -0.2) is 0 Å². The van der Waals surface area contributed by atoms with Gasteiger partial charge in [-0.2, -0.15) is 0 Å². The Morgan fingerprint density at radius 1 is 1.09 bits per heavy atom. The van der Waals surface area contributed by atoms with Crippen molar-refractivity contribution in [3.05, 3.63) is 0 Å². The Labute approximate surface area is 154 Å². The Kier molecular flexibility index (Phi) is 7.77. The molecule has 0 bridgehead atoms. The fraction of sp³-hybridized carbons (Fsp3) is 0.857. The third-order valence-corrected chi connectivity index (χ3v) is 5.21. The van der Waals surface area contributed by atoms with Gasteiger partial charge >= 0.3 is 11.9 Å². The summed E-state index contributed by atoms with van der Waals surface area (Å²) in [5.41, 5.74) is -1.30. The summed E-state index contributed by atoms with van der Waals surface area (Å²) in [6.07, 6.45) is 0.880. The highest BCUT2D eigenvalue weighted by molar-refractivity contribution is 9.09. The average Bonchev–Trinajstić information content (AvgIpc) is 2.77. The van der Waals surface area contributed by atoms with Gasteiger partial charge in [0.05, 0.1) is 13.2 Å². The fourth-order valence-corrected chi connectivity index (χ4v) is 4.34. The normalized spacial score (nSPS) is 24.1. The Balaban J connectivity index is 3.07. The molecular weight excluding hydrogens is 418 g/mol. The maximum Gasteiger partial charge on any atom is 0.323 e. The molecule has 0 aromatic carbocycles. The van der Waals surface area contributed by atoms with Gasteiger partial charge in [-0.1, -0.05) is 50.7 Å². The molecule has 0 heterocycles. The van der Waals surface area contributed by atoms with Crippen molar-refractivity contribution in [2.24, 2.45) is 17.3 Å². The minimum atomic E-state index is -1.43. The Hall–Kier alpha value is 0.290. The fourth-order valence-electron chi connectivity index (χ4n) is 2.98. The summed E-state index contributed by atoms with van der Waals surface area (Å²) in [4.78, 5) is 24.8. The van der Waals surface area contributed by atoms with E-state index in [1.807, 2.05) is 0 Å². The number of carbonyl (C=O) groups excluding carboxylic acids is 2. The van der Waals surface area contributed by atoms with Crippen molar-refractivity contribution in [1.29, 1.82) is 0 Å². The van der Waals surface area contributed by atoms with E-state index in [4.69, 9.17) is 44.3 Å². The van der Waals surface area contributed by atoms with Gasteiger partial charge in [-0.3, -0.25) is 9.59 Å². The van der Waals surface area contributed by atoms with Gasteiger partial charge in [0.25, 0.3) is 0 Å². The van der Waals surface area contributed by atoms with Crippen LogP contribution in [0.3, 0.4) is 0 Å². The molecule has 1 rings (SSSR count). The first-order chi connectivity index (χ1) is 10.2. The summed E-state index contributed by atoms with van der Waals surface area (Å²) in [7, 11) is 0. The SMILES string of the molecule is CCOC(=O)C1(C(=O)OCC)C[C@@H](CC(Cl)(Cl)Cl)[C@@H](CBr)C1. The number of rotatable bonds is 6. The summed E-state index contributed by atoms with van der Waals surface area (Å²) >= 11 is 21.1. The first kappa shape index (κ1) is 20.3. The molecule has 0 N–H and O–H groups in total. The summed E-state index contributed by atoms with van der Waals surface area (Å²) in [5.74, 6) is -1.15. The molecule has 0 radical (unpaired) electrons. The van der Waals surface area contributed by atoms with E-state index in [0.29, 0.717) is 11.8 Å². The van der Waals surface area contributed by atoms with Crippen molar-refractivity contribution in [2.45, 2.75) is 36.9 Å². The molecule has 22 heavy (non-hydrogen) atoms. The van der Waals surface area contributed by atoms with Gasteiger partial charge < -0.3 is 9.47 Å². The van der Waals surface area contributed by atoms with Crippen molar-refractivity contribution in [2.75, 3.05) is 18.5 Å². The highest BCUT2D eigenvalue weighted by Crippen LogP contribution is 2.52. The largest absolute Gasteiger partial charge is 0.465 e. The second kappa shape index (κ2) is 8.41. The van der Waals surface area contributed by atoms with Crippen molar-refractivity contribution in [1.82, 2.24) is 0 Å². The lowest BCUT2D eigenvalue weighted by atomic mass is 9.84. The van der Waals surface area contributed by atoms with E-state index in [2.05, 4.69) is 15.9 Å². The lowest BCUT2D eigenvalue weighted by Gasteiger charge is -2.25. The molecule has 1 aliphatic carbocycles. The number of ether oxygens (including phenoxy) is 2. The van der Waals surface area contributed by atoms with Crippen LogP contribution in [-0.4, -0.2) is 34.3 Å². The van der Waals surface area contributed by atoms with Gasteiger partial charge in [0.1, 0.15) is 0 Å². The standard InChI is InChI=1S/C14H20BrCl3O4/c1-3-21-11(19)13(12(20)22-4-2)5-9(7-14(16,17)18)10(6-13)8-15/h9-10H,3-8H2,1-2H3/t9-,10+/m0/s1. The summed E-state index contributed by atoms with van der Waals surface area (Å²) < 4.78 is 8.80. The van der Waals surface area contributed by atoms with E-state index in [1.165, 1.54) is 0 Å². The number of carbonyl (C=O) groups is 2. The molecule has 0 spiro atoms. The molecular formula is C14H20BrCl3O4. The van der Waals surface area contributed by atoms with E-state index >= 15 is 0 Å². The third kappa shape index (κ3) is 4.89. The number of halogens is 4. The second-order valence-electron chi connectivity index (χ2n) is 5.43. The Morgan fingerprint density at radius 3 is 1.91 bits per heavy atom. The van der Waals surface area contributed by atoms with Crippen LogP contribution >= 0.6 is 50.7 Å². The third-order valence-electron chi connectivity index (χ3n) is 3.91. The summed E-state index contributed by atoms with van der Waals surface area (Å²) in [5, 5.41) is 0.610. The van der Waals surface area contributed by atoms with Crippen molar-refractivity contribution >= 4 is 62.7 Å². The maximum absolute atomic E-state index is 12.4. The zero-order valence-corrected chi connectivity index (χ0v) is 16.4. The molecule has 1 saturated carbocycles. The molecule has 0 aromatic rings. The number of esters is 2. The van der Waals surface area contributed by atoms with E-state index < -0.39 is 21.1 Å². The predicted octanol–water partition coefficient (Wildman–Crippen LogP) is 4.28. The highest BCUT2D eigenvalue weighted by Gasteiger charge is 2.57. The van der Waals surface area contributed by atoms with Crippen LogP contribution in [-0.2, 0) is 19.1 Å². The van der Waals surface area contributed by atoms with Crippen LogP contribution in [0, 0.1) is 17.3 Å². The molecule has 1 aliphatic rings. The molecule has 4 nitrogen and oxygen atoms in total. The minimum Gasteiger partial charge on any atom is -0.465 e. The van der Waals surface area contributed by atoms with E-state index in [-0.39, 0.29) is 37.9 Å². The molecule has 128 valence electrons.